The van der Waals surface area contributed by atoms with Crippen LogP contribution in [0.2, 0.25) is 0 Å². The number of carbonyl (C=O) groups is 3. The van der Waals surface area contributed by atoms with Gasteiger partial charge in [-0.1, -0.05) is 0 Å². The minimum absolute atomic E-state index is 0.0198. The van der Waals surface area contributed by atoms with Crippen LogP contribution < -0.4 is 10.6 Å². The summed E-state index contributed by atoms with van der Waals surface area (Å²) in [4.78, 5) is 34.8. The summed E-state index contributed by atoms with van der Waals surface area (Å²) in [5, 5.41) is 5.50. The van der Waals surface area contributed by atoms with Gasteiger partial charge < -0.3 is 10.6 Å². The molecule has 1 aliphatic heterocycles. The third-order valence-electron chi connectivity index (χ3n) is 3.54. The number of carbonyl (C=O) groups excluding carboxylic acids is 3. The molecule has 0 atom stereocenters. The third kappa shape index (κ3) is 2.74. The first-order valence-corrected chi connectivity index (χ1v) is 6.88. The van der Waals surface area contributed by atoms with E-state index in [1.807, 2.05) is 0 Å². The van der Waals surface area contributed by atoms with Gasteiger partial charge in [0.2, 0.25) is 5.91 Å². The van der Waals surface area contributed by atoms with Crippen molar-refractivity contribution >= 4 is 29.0 Å². The van der Waals surface area contributed by atoms with Crippen LogP contribution in [0.3, 0.4) is 0 Å². The van der Waals surface area contributed by atoms with Gasteiger partial charge in [-0.2, -0.15) is 0 Å². The Morgan fingerprint density at radius 1 is 1.05 bits per heavy atom. The summed E-state index contributed by atoms with van der Waals surface area (Å²) >= 11 is 0. The zero-order valence-electron chi connectivity index (χ0n) is 12.0. The van der Waals surface area contributed by atoms with Crippen LogP contribution in [0.25, 0.3) is 0 Å². The molecule has 2 aromatic carbocycles. The summed E-state index contributed by atoms with van der Waals surface area (Å²) in [5.74, 6) is -0.334. The van der Waals surface area contributed by atoms with E-state index >= 15 is 0 Å². The van der Waals surface area contributed by atoms with E-state index in [-0.39, 0.29) is 17.6 Å². The lowest BCUT2D eigenvalue weighted by atomic mass is 10.1. The molecule has 0 aliphatic carbocycles. The highest BCUT2D eigenvalue weighted by Gasteiger charge is 2.19. The number of anilines is 2. The van der Waals surface area contributed by atoms with Crippen molar-refractivity contribution in [2.24, 2.45) is 0 Å². The average molecular weight is 294 g/mol. The van der Waals surface area contributed by atoms with E-state index in [4.69, 9.17) is 0 Å². The molecule has 2 amide bonds. The largest absolute Gasteiger partial charge is 0.326 e. The van der Waals surface area contributed by atoms with Gasteiger partial charge in [0.05, 0.1) is 6.42 Å². The highest BCUT2D eigenvalue weighted by Crippen LogP contribution is 2.24. The maximum absolute atomic E-state index is 12.2. The summed E-state index contributed by atoms with van der Waals surface area (Å²) in [6.45, 7) is 1.49. The minimum atomic E-state index is -0.252. The van der Waals surface area contributed by atoms with Gasteiger partial charge in [-0.05, 0) is 55.0 Å². The highest BCUT2D eigenvalue weighted by atomic mass is 16.2. The fraction of sp³-hybridized carbons (Fsp3) is 0.118. The zero-order chi connectivity index (χ0) is 15.7. The van der Waals surface area contributed by atoms with Crippen LogP contribution in [0.15, 0.2) is 42.5 Å². The van der Waals surface area contributed by atoms with E-state index in [0.29, 0.717) is 23.2 Å². The van der Waals surface area contributed by atoms with Crippen molar-refractivity contribution in [1.82, 2.24) is 0 Å². The van der Waals surface area contributed by atoms with Crippen molar-refractivity contribution in [2.45, 2.75) is 13.3 Å². The van der Waals surface area contributed by atoms with Crippen LogP contribution in [-0.2, 0) is 11.2 Å². The lowest BCUT2D eigenvalue weighted by Crippen LogP contribution is -2.12. The molecular weight excluding hydrogens is 280 g/mol. The highest BCUT2D eigenvalue weighted by molar-refractivity contribution is 6.06. The van der Waals surface area contributed by atoms with Crippen LogP contribution in [0.5, 0.6) is 0 Å². The van der Waals surface area contributed by atoms with E-state index in [9.17, 15) is 14.4 Å². The summed E-state index contributed by atoms with van der Waals surface area (Å²) in [7, 11) is 0. The number of ketones is 1. The smallest absolute Gasteiger partial charge is 0.255 e. The number of hydrogen-bond donors (Lipinski definition) is 2. The number of fused-ring (bicyclic) bond motifs is 1. The number of rotatable bonds is 3. The number of amides is 2. The molecule has 2 aromatic rings. The van der Waals surface area contributed by atoms with Gasteiger partial charge in [0.25, 0.3) is 5.91 Å². The van der Waals surface area contributed by atoms with Gasteiger partial charge in [0.15, 0.2) is 5.78 Å². The Bertz CT molecular complexity index is 779. The van der Waals surface area contributed by atoms with Crippen LogP contribution in [0, 0.1) is 0 Å². The van der Waals surface area contributed by atoms with Gasteiger partial charge in [-0.25, -0.2) is 0 Å². The van der Waals surface area contributed by atoms with Crippen LogP contribution in [-0.4, -0.2) is 17.6 Å². The van der Waals surface area contributed by atoms with E-state index in [2.05, 4.69) is 10.6 Å². The molecule has 0 saturated carbocycles. The zero-order valence-corrected chi connectivity index (χ0v) is 12.0. The molecule has 5 heteroatoms. The maximum atomic E-state index is 12.2. The second-order valence-corrected chi connectivity index (χ2v) is 5.18. The predicted molar refractivity (Wildman–Crippen MR) is 83.2 cm³/mol. The van der Waals surface area contributed by atoms with E-state index in [1.54, 1.807) is 42.5 Å². The van der Waals surface area contributed by atoms with E-state index < -0.39 is 0 Å². The van der Waals surface area contributed by atoms with Gasteiger partial charge in [0, 0.05) is 22.5 Å². The molecule has 0 bridgehead atoms. The van der Waals surface area contributed by atoms with Crippen molar-refractivity contribution in [3.8, 4) is 0 Å². The van der Waals surface area contributed by atoms with Gasteiger partial charge in [0.1, 0.15) is 0 Å². The Balaban J connectivity index is 1.76. The first kappa shape index (κ1) is 14.0. The standard InChI is InChI=1S/C17H14N2O3/c1-10(20)11-2-5-14(6-3-11)18-17(22)12-4-7-15-13(8-12)9-16(21)19-15/h2-8H,9H2,1H3,(H,18,22)(H,19,21). The molecule has 0 saturated heterocycles. The molecule has 0 spiro atoms. The Morgan fingerprint density at radius 3 is 2.41 bits per heavy atom. The first-order chi connectivity index (χ1) is 10.5. The van der Waals surface area contributed by atoms with Crippen molar-refractivity contribution in [3.05, 3.63) is 59.2 Å². The second-order valence-electron chi connectivity index (χ2n) is 5.18. The van der Waals surface area contributed by atoms with Crippen molar-refractivity contribution in [3.63, 3.8) is 0 Å². The molecule has 0 unspecified atom stereocenters. The molecule has 22 heavy (non-hydrogen) atoms. The van der Waals surface area contributed by atoms with Gasteiger partial charge >= 0.3 is 0 Å². The fourth-order valence-corrected chi connectivity index (χ4v) is 2.36. The first-order valence-electron chi connectivity index (χ1n) is 6.88. The summed E-state index contributed by atoms with van der Waals surface area (Å²) < 4.78 is 0. The molecule has 5 nitrogen and oxygen atoms in total. The average Bonchev–Trinajstić information content (AvgIpc) is 2.86. The number of benzene rings is 2. The third-order valence-corrected chi connectivity index (χ3v) is 3.54. The number of hydrogen-bond acceptors (Lipinski definition) is 3. The molecule has 1 aliphatic rings. The summed E-state index contributed by atoms with van der Waals surface area (Å²) in [5.41, 5.74) is 3.28. The Kier molecular flexibility index (Phi) is 3.47. The molecule has 0 fully saturated rings. The number of nitrogens with one attached hydrogen (secondary N) is 2. The maximum Gasteiger partial charge on any atom is 0.255 e. The SMILES string of the molecule is CC(=O)c1ccc(NC(=O)c2ccc3c(c2)CC(=O)N3)cc1. The lowest BCUT2D eigenvalue weighted by Gasteiger charge is -2.07. The van der Waals surface area contributed by atoms with Crippen LogP contribution >= 0.6 is 0 Å². The Labute approximate surface area is 127 Å². The number of Topliss-reactive ketones (excluding diaryl/α,β-unsaturated/α-hetero) is 1. The lowest BCUT2D eigenvalue weighted by molar-refractivity contribution is -0.115. The second kappa shape index (κ2) is 5.44. The van der Waals surface area contributed by atoms with Crippen molar-refractivity contribution < 1.29 is 14.4 Å². The van der Waals surface area contributed by atoms with E-state index in [0.717, 1.165) is 11.3 Å². The van der Waals surface area contributed by atoms with E-state index in [1.165, 1.54) is 6.92 Å². The Hall–Kier alpha value is -2.95. The van der Waals surface area contributed by atoms with Crippen LogP contribution in [0.4, 0.5) is 11.4 Å². The van der Waals surface area contributed by atoms with Gasteiger partial charge in [-0.3, -0.25) is 14.4 Å². The minimum Gasteiger partial charge on any atom is -0.326 e. The molecular formula is C17H14N2O3. The molecule has 0 aromatic heterocycles. The topological polar surface area (TPSA) is 75.3 Å². The normalized spacial score (nSPS) is 12.5. The van der Waals surface area contributed by atoms with Crippen LogP contribution in [0.1, 0.15) is 33.2 Å². The Morgan fingerprint density at radius 2 is 1.73 bits per heavy atom. The van der Waals surface area contributed by atoms with Gasteiger partial charge in [-0.15, -0.1) is 0 Å². The monoisotopic (exact) mass is 294 g/mol. The quantitative estimate of drug-likeness (QED) is 0.854. The molecule has 0 radical (unpaired) electrons. The van der Waals surface area contributed by atoms with Crippen molar-refractivity contribution in [2.75, 3.05) is 10.6 Å². The molecule has 3 rings (SSSR count). The predicted octanol–water partition coefficient (Wildman–Crippen LogP) is 2.64. The molecule has 1 heterocycles. The molecule has 2 N–H and O–H groups in total. The summed E-state index contributed by atoms with van der Waals surface area (Å²) in [6, 6.07) is 11.8. The summed E-state index contributed by atoms with van der Waals surface area (Å²) in [6.07, 6.45) is 0.295. The van der Waals surface area contributed by atoms with Crippen molar-refractivity contribution in [1.29, 1.82) is 0 Å². The fourth-order valence-electron chi connectivity index (χ4n) is 2.36. The molecule has 110 valence electrons.